The second-order valence-corrected chi connectivity index (χ2v) is 5.35. The monoisotopic (exact) mass is 291 g/mol. The van der Waals surface area contributed by atoms with Crippen molar-refractivity contribution >= 4 is 12.0 Å². The zero-order chi connectivity index (χ0) is 15.2. The van der Waals surface area contributed by atoms with Gasteiger partial charge in [-0.2, -0.15) is 0 Å². The Morgan fingerprint density at radius 3 is 2.76 bits per heavy atom. The van der Waals surface area contributed by atoms with Crippen LogP contribution in [0.4, 0.5) is 4.79 Å². The molecule has 0 bridgehead atoms. The third-order valence-corrected chi connectivity index (χ3v) is 3.79. The fourth-order valence-electron chi connectivity index (χ4n) is 2.64. The molecule has 1 aromatic rings. The first kappa shape index (κ1) is 15.3. The van der Waals surface area contributed by atoms with E-state index in [-0.39, 0.29) is 18.4 Å². The summed E-state index contributed by atoms with van der Waals surface area (Å²) in [7, 11) is 0. The number of carboxylic acids is 1. The van der Waals surface area contributed by atoms with Crippen LogP contribution in [0.25, 0.3) is 0 Å². The van der Waals surface area contributed by atoms with Gasteiger partial charge in [-0.05, 0) is 37.0 Å². The summed E-state index contributed by atoms with van der Waals surface area (Å²) in [5, 5.41) is 8.83. The molecule has 1 atom stereocenters. The molecule has 1 aliphatic rings. The molecule has 21 heavy (non-hydrogen) atoms. The third kappa shape index (κ3) is 4.18. The molecule has 0 radical (unpaired) electrons. The minimum absolute atomic E-state index is 0.0119. The zero-order valence-corrected chi connectivity index (χ0v) is 12.2. The lowest BCUT2D eigenvalue weighted by molar-refractivity contribution is -0.138. The molecule has 0 saturated carbocycles. The number of carbonyl (C=O) groups excluding carboxylic acids is 1. The Kier molecular flexibility index (Phi) is 5.14. The van der Waals surface area contributed by atoms with E-state index >= 15 is 0 Å². The van der Waals surface area contributed by atoms with Crippen molar-refractivity contribution in [2.75, 3.05) is 19.6 Å². The molecular formula is C15H21N3O3. The summed E-state index contributed by atoms with van der Waals surface area (Å²) in [6, 6.07) is 3.78. The van der Waals surface area contributed by atoms with Crippen molar-refractivity contribution in [3.8, 4) is 0 Å². The van der Waals surface area contributed by atoms with E-state index in [1.807, 2.05) is 19.1 Å². The van der Waals surface area contributed by atoms with Gasteiger partial charge in [-0.1, -0.05) is 0 Å². The fraction of sp³-hybridized carbons (Fsp3) is 0.533. The Morgan fingerprint density at radius 1 is 1.43 bits per heavy atom. The highest BCUT2D eigenvalue weighted by molar-refractivity contribution is 5.75. The van der Waals surface area contributed by atoms with Crippen molar-refractivity contribution in [2.45, 2.75) is 26.3 Å². The summed E-state index contributed by atoms with van der Waals surface area (Å²) in [4.78, 5) is 30.8. The first-order valence-electron chi connectivity index (χ1n) is 7.24. The maximum Gasteiger partial charge on any atom is 0.320 e. The summed E-state index contributed by atoms with van der Waals surface area (Å²) in [6.07, 6.45) is 4.34. The standard InChI is InChI=1S/C15H21N3O3/c1-2-17(10-12-3-6-16-7-4-12)15(21)18-8-5-13(11-18)9-14(19)20/h3-4,6-7,13H,2,5,8-11H2,1H3,(H,19,20). The van der Waals surface area contributed by atoms with Crippen molar-refractivity contribution < 1.29 is 14.7 Å². The highest BCUT2D eigenvalue weighted by Crippen LogP contribution is 2.21. The number of amides is 2. The van der Waals surface area contributed by atoms with Gasteiger partial charge in [-0.3, -0.25) is 9.78 Å². The topological polar surface area (TPSA) is 73.7 Å². The van der Waals surface area contributed by atoms with E-state index in [2.05, 4.69) is 4.98 Å². The van der Waals surface area contributed by atoms with E-state index < -0.39 is 5.97 Å². The highest BCUT2D eigenvalue weighted by atomic mass is 16.4. The number of aromatic nitrogens is 1. The van der Waals surface area contributed by atoms with Crippen LogP contribution in [0.3, 0.4) is 0 Å². The number of hydrogen-bond donors (Lipinski definition) is 1. The van der Waals surface area contributed by atoms with E-state index in [1.54, 1.807) is 22.2 Å². The molecule has 2 rings (SSSR count). The summed E-state index contributed by atoms with van der Waals surface area (Å²) in [6.45, 7) is 4.31. The van der Waals surface area contributed by atoms with Crippen molar-refractivity contribution in [1.82, 2.24) is 14.8 Å². The van der Waals surface area contributed by atoms with Crippen LogP contribution in [-0.2, 0) is 11.3 Å². The first-order chi connectivity index (χ1) is 10.1. The lowest BCUT2D eigenvalue weighted by Crippen LogP contribution is -2.41. The predicted octanol–water partition coefficient (Wildman–Crippen LogP) is 1.82. The van der Waals surface area contributed by atoms with Crippen molar-refractivity contribution in [1.29, 1.82) is 0 Å². The third-order valence-electron chi connectivity index (χ3n) is 3.79. The van der Waals surface area contributed by atoms with E-state index in [0.717, 1.165) is 12.0 Å². The number of likely N-dealkylation sites (tertiary alicyclic amines) is 1. The summed E-state index contributed by atoms with van der Waals surface area (Å²) < 4.78 is 0. The van der Waals surface area contributed by atoms with Gasteiger partial charge in [0.2, 0.25) is 0 Å². The molecule has 1 unspecified atom stereocenters. The molecule has 1 aromatic heterocycles. The predicted molar refractivity (Wildman–Crippen MR) is 77.6 cm³/mol. The van der Waals surface area contributed by atoms with Crippen LogP contribution in [0.5, 0.6) is 0 Å². The van der Waals surface area contributed by atoms with E-state index in [1.165, 1.54) is 0 Å². The second kappa shape index (κ2) is 7.06. The van der Waals surface area contributed by atoms with Crippen molar-refractivity contribution in [2.24, 2.45) is 5.92 Å². The van der Waals surface area contributed by atoms with Crippen LogP contribution in [0, 0.1) is 5.92 Å². The van der Waals surface area contributed by atoms with E-state index in [0.29, 0.717) is 26.2 Å². The van der Waals surface area contributed by atoms with Gasteiger partial charge in [-0.25, -0.2) is 4.79 Å². The van der Waals surface area contributed by atoms with Gasteiger partial charge >= 0.3 is 12.0 Å². The number of aliphatic carboxylic acids is 1. The Balaban J connectivity index is 1.93. The quantitative estimate of drug-likeness (QED) is 0.898. The van der Waals surface area contributed by atoms with E-state index in [4.69, 9.17) is 5.11 Å². The first-order valence-corrected chi connectivity index (χ1v) is 7.24. The Morgan fingerprint density at radius 2 is 2.14 bits per heavy atom. The smallest absolute Gasteiger partial charge is 0.320 e. The maximum atomic E-state index is 12.5. The Hall–Kier alpha value is -2.11. The number of pyridine rings is 1. The molecule has 114 valence electrons. The number of carbonyl (C=O) groups is 2. The highest BCUT2D eigenvalue weighted by Gasteiger charge is 2.29. The normalized spacial score (nSPS) is 17.8. The van der Waals surface area contributed by atoms with E-state index in [9.17, 15) is 9.59 Å². The van der Waals surface area contributed by atoms with Crippen molar-refractivity contribution in [3.05, 3.63) is 30.1 Å². The minimum Gasteiger partial charge on any atom is -0.481 e. The molecule has 0 spiro atoms. The van der Waals surface area contributed by atoms with Gasteiger partial charge in [0.15, 0.2) is 0 Å². The summed E-state index contributed by atoms with van der Waals surface area (Å²) in [5.41, 5.74) is 1.04. The molecular weight excluding hydrogens is 270 g/mol. The second-order valence-electron chi connectivity index (χ2n) is 5.35. The number of hydrogen-bond acceptors (Lipinski definition) is 3. The van der Waals surface area contributed by atoms with Gasteiger partial charge in [0.1, 0.15) is 0 Å². The lowest BCUT2D eigenvalue weighted by atomic mass is 10.1. The molecule has 1 N–H and O–H groups in total. The number of nitrogens with zero attached hydrogens (tertiary/aromatic N) is 3. The van der Waals surface area contributed by atoms with Crippen LogP contribution in [0.2, 0.25) is 0 Å². The summed E-state index contributed by atoms with van der Waals surface area (Å²) >= 11 is 0. The van der Waals surface area contributed by atoms with Crippen LogP contribution >= 0.6 is 0 Å². The van der Waals surface area contributed by atoms with Gasteiger partial charge in [0.25, 0.3) is 0 Å². The number of urea groups is 1. The van der Waals surface area contributed by atoms with Crippen LogP contribution in [0.1, 0.15) is 25.3 Å². The average Bonchev–Trinajstić information content (AvgIpc) is 2.92. The molecule has 2 amide bonds. The Bertz CT molecular complexity index is 492. The van der Waals surface area contributed by atoms with Crippen LogP contribution in [-0.4, -0.2) is 51.5 Å². The molecule has 6 heteroatoms. The summed E-state index contributed by atoms with van der Waals surface area (Å²) in [5.74, 6) is -0.718. The molecule has 6 nitrogen and oxygen atoms in total. The SMILES string of the molecule is CCN(Cc1ccncc1)C(=O)N1CCC(CC(=O)O)C1. The number of rotatable bonds is 5. The molecule has 2 heterocycles. The lowest BCUT2D eigenvalue weighted by Gasteiger charge is -2.27. The molecule has 0 aromatic carbocycles. The molecule has 1 aliphatic heterocycles. The number of carboxylic acid groups (broad SMARTS) is 1. The minimum atomic E-state index is -0.793. The van der Waals surface area contributed by atoms with Crippen molar-refractivity contribution in [3.63, 3.8) is 0 Å². The van der Waals surface area contributed by atoms with Gasteiger partial charge in [0.05, 0.1) is 0 Å². The van der Waals surface area contributed by atoms with Crippen LogP contribution < -0.4 is 0 Å². The fourth-order valence-corrected chi connectivity index (χ4v) is 2.64. The molecule has 0 aliphatic carbocycles. The van der Waals surface area contributed by atoms with Gasteiger partial charge in [-0.15, -0.1) is 0 Å². The largest absolute Gasteiger partial charge is 0.481 e. The van der Waals surface area contributed by atoms with Gasteiger partial charge < -0.3 is 14.9 Å². The maximum absolute atomic E-state index is 12.5. The molecule has 1 fully saturated rings. The Labute approximate surface area is 124 Å². The molecule has 1 saturated heterocycles. The zero-order valence-electron chi connectivity index (χ0n) is 12.2. The average molecular weight is 291 g/mol. The van der Waals surface area contributed by atoms with Crippen LogP contribution in [0.15, 0.2) is 24.5 Å². The van der Waals surface area contributed by atoms with Gasteiger partial charge in [0, 0.05) is 45.0 Å².